The fourth-order valence-corrected chi connectivity index (χ4v) is 1.36. The first-order valence-corrected chi connectivity index (χ1v) is 5.36. The van der Waals surface area contributed by atoms with Crippen molar-refractivity contribution in [3.05, 3.63) is 23.8 Å². The van der Waals surface area contributed by atoms with Gasteiger partial charge in [-0.05, 0) is 11.8 Å². The number of anilines is 1. The molecule has 0 radical (unpaired) electrons. The minimum atomic E-state index is -4.37. The highest BCUT2D eigenvalue weighted by atomic mass is 32.2. The van der Waals surface area contributed by atoms with Gasteiger partial charge in [0.2, 0.25) is 0 Å². The van der Waals surface area contributed by atoms with Crippen LogP contribution in [0.25, 0.3) is 0 Å². The number of thioether (sulfide) groups is 1. The van der Waals surface area contributed by atoms with E-state index in [-0.39, 0.29) is 24.1 Å². The molecule has 0 saturated carbocycles. The van der Waals surface area contributed by atoms with Crippen molar-refractivity contribution in [1.29, 1.82) is 0 Å². The third-order valence-electron chi connectivity index (χ3n) is 1.66. The minimum Gasteiger partial charge on any atom is -0.490 e. The molecule has 0 heterocycles. The number of halogens is 5. The quantitative estimate of drug-likeness (QED) is 0.520. The first-order valence-electron chi connectivity index (χ1n) is 4.37. The molecule has 0 amide bonds. The van der Waals surface area contributed by atoms with Crippen molar-refractivity contribution in [2.45, 2.75) is 5.51 Å². The van der Waals surface area contributed by atoms with Gasteiger partial charge in [-0.1, -0.05) is 0 Å². The Bertz CT molecular complexity index is 396. The molecule has 96 valence electrons. The summed E-state index contributed by atoms with van der Waals surface area (Å²) >= 11 is -0.300. The number of hydrogen-bond acceptors (Lipinski definition) is 3. The maximum absolute atomic E-state index is 13.1. The van der Waals surface area contributed by atoms with Gasteiger partial charge in [-0.3, -0.25) is 0 Å². The SMILES string of the molecule is Nc1cc(F)c(OCCSC(F)(F)F)cc1F. The summed E-state index contributed by atoms with van der Waals surface area (Å²) in [5.74, 6) is -2.67. The van der Waals surface area contributed by atoms with Crippen molar-refractivity contribution in [2.75, 3.05) is 18.1 Å². The molecule has 1 aromatic carbocycles. The molecule has 0 aliphatic carbocycles. The van der Waals surface area contributed by atoms with Crippen molar-refractivity contribution in [3.63, 3.8) is 0 Å². The molecule has 0 spiro atoms. The Kier molecular flexibility index (Phi) is 4.44. The van der Waals surface area contributed by atoms with E-state index in [1.165, 1.54) is 0 Å². The average molecular weight is 273 g/mol. The third kappa shape index (κ3) is 4.68. The maximum atomic E-state index is 13.1. The molecule has 0 aromatic heterocycles. The Balaban J connectivity index is 2.50. The predicted octanol–water partition coefficient (Wildman–Crippen LogP) is 3.18. The van der Waals surface area contributed by atoms with Gasteiger partial charge in [-0.15, -0.1) is 0 Å². The van der Waals surface area contributed by atoms with Crippen LogP contribution in [-0.4, -0.2) is 17.9 Å². The topological polar surface area (TPSA) is 35.2 Å². The lowest BCUT2D eigenvalue weighted by molar-refractivity contribution is -0.0329. The zero-order valence-corrected chi connectivity index (χ0v) is 9.17. The summed E-state index contributed by atoms with van der Waals surface area (Å²) in [4.78, 5) is 0. The highest BCUT2D eigenvalue weighted by Gasteiger charge is 2.27. The van der Waals surface area contributed by atoms with E-state index in [0.29, 0.717) is 12.1 Å². The Morgan fingerprint density at radius 2 is 1.82 bits per heavy atom. The van der Waals surface area contributed by atoms with Crippen molar-refractivity contribution < 1.29 is 26.7 Å². The molecular weight excluding hydrogens is 265 g/mol. The standard InChI is InChI=1S/C9H8F5NOS/c10-5-4-8(6(11)3-7(5)15)16-1-2-17-9(12,13)14/h3-4H,1-2,15H2. The van der Waals surface area contributed by atoms with E-state index in [4.69, 9.17) is 5.73 Å². The van der Waals surface area contributed by atoms with Crippen LogP contribution in [0.3, 0.4) is 0 Å². The number of alkyl halides is 3. The second kappa shape index (κ2) is 5.44. The Labute approximate surface area is 97.9 Å². The summed E-state index contributed by atoms with van der Waals surface area (Å²) in [5, 5.41) is 0. The van der Waals surface area contributed by atoms with Crippen LogP contribution in [0.4, 0.5) is 27.6 Å². The highest BCUT2D eigenvalue weighted by Crippen LogP contribution is 2.30. The first-order chi connectivity index (χ1) is 7.79. The normalized spacial score (nSPS) is 11.6. The van der Waals surface area contributed by atoms with Crippen LogP contribution >= 0.6 is 11.8 Å². The van der Waals surface area contributed by atoms with Gasteiger partial charge in [0.1, 0.15) is 5.82 Å². The van der Waals surface area contributed by atoms with E-state index in [0.717, 1.165) is 0 Å². The van der Waals surface area contributed by atoms with Gasteiger partial charge in [-0.2, -0.15) is 13.2 Å². The summed E-state index contributed by atoms with van der Waals surface area (Å²) in [7, 11) is 0. The van der Waals surface area contributed by atoms with Crippen molar-refractivity contribution >= 4 is 17.4 Å². The van der Waals surface area contributed by atoms with Crippen LogP contribution in [0.2, 0.25) is 0 Å². The van der Waals surface area contributed by atoms with Gasteiger partial charge < -0.3 is 10.5 Å². The van der Waals surface area contributed by atoms with Gasteiger partial charge in [0.25, 0.3) is 0 Å². The fourth-order valence-electron chi connectivity index (χ4n) is 0.964. The first kappa shape index (κ1) is 13.9. The molecule has 0 aliphatic rings. The second-order valence-corrected chi connectivity index (χ2v) is 4.11. The van der Waals surface area contributed by atoms with Crippen LogP contribution in [0.5, 0.6) is 5.75 Å². The third-order valence-corrected chi connectivity index (χ3v) is 2.36. The zero-order chi connectivity index (χ0) is 13.1. The van der Waals surface area contributed by atoms with Crippen LogP contribution in [-0.2, 0) is 0 Å². The summed E-state index contributed by atoms with van der Waals surface area (Å²) < 4.78 is 65.9. The summed E-state index contributed by atoms with van der Waals surface area (Å²) in [5.41, 5.74) is 0.322. The van der Waals surface area contributed by atoms with Crippen molar-refractivity contribution in [1.82, 2.24) is 0 Å². The molecule has 0 unspecified atom stereocenters. The van der Waals surface area contributed by atoms with E-state index < -0.39 is 28.6 Å². The molecule has 2 N–H and O–H groups in total. The average Bonchev–Trinajstić information content (AvgIpc) is 2.18. The largest absolute Gasteiger partial charge is 0.490 e. The lowest BCUT2D eigenvalue weighted by atomic mass is 10.3. The second-order valence-electron chi connectivity index (χ2n) is 2.95. The summed E-state index contributed by atoms with van der Waals surface area (Å²) in [6.07, 6.45) is 0. The molecule has 8 heteroatoms. The molecule has 0 fully saturated rings. The maximum Gasteiger partial charge on any atom is 0.441 e. The molecule has 0 saturated heterocycles. The molecule has 17 heavy (non-hydrogen) atoms. The van der Waals surface area contributed by atoms with Crippen LogP contribution in [0.15, 0.2) is 12.1 Å². The van der Waals surface area contributed by atoms with Crippen LogP contribution in [0, 0.1) is 11.6 Å². The molecular formula is C9H8F5NOS. The molecule has 1 aromatic rings. The van der Waals surface area contributed by atoms with E-state index in [1.807, 2.05) is 0 Å². The molecule has 1 rings (SSSR count). The van der Waals surface area contributed by atoms with Gasteiger partial charge in [-0.25, -0.2) is 8.78 Å². The Morgan fingerprint density at radius 3 is 2.41 bits per heavy atom. The van der Waals surface area contributed by atoms with Crippen LogP contribution < -0.4 is 10.5 Å². The molecule has 0 bridgehead atoms. The number of nitrogen functional groups attached to an aromatic ring is 1. The number of rotatable bonds is 4. The van der Waals surface area contributed by atoms with Gasteiger partial charge in [0, 0.05) is 17.9 Å². The fraction of sp³-hybridized carbons (Fsp3) is 0.333. The number of nitrogens with two attached hydrogens (primary N) is 1. The van der Waals surface area contributed by atoms with Crippen molar-refractivity contribution in [3.8, 4) is 5.75 Å². The monoisotopic (exact) mass is 273 g/mol. The van der Waals surface area contributed by atoms with E-state index in [1.54, 1.807) is 0 Å². The van der Waals surface area contributed by atoms with E-state index in [9.17, 15) is 22.0 Å². The van der Waals surface area contributed by atoms with Gasteiger partial charge in [0.05, 0.1) is 12.3 Å². The van der Waals surface area contributed by atoms with Crippen LogP contribution in [0.1, 0.15) is 0 Å². The highest BCUT2D eigenvalue weighted by molar-refractivity contribution is 8.00. The number of benzene rings is 1. The zero-order valence-electron chi connectivity index (χ0n) is 8.35. The predicted molar refractivity (Wildman–Crippen MR) is 54.8 cm³/mol. The lowest BCUT2D eigenvalue weighted by Gasteiger charge is -2.09. The van der Waals surface area contributed by atoms with Crippen molar-refractivity contribution in [2.24, 2.45) is 0 Å². The number of ether oxygens (including phenoxy) is 1. The Hall–Kier alpha value is -1.18. The smallest absolute Gasteiger partial charge is 0.441 e. The minimum absolute atomic E-state index is 0.300. The summed E-state index contributed by atoms with van der Waals surface area (Å²) in [6.45, 7) is -0.384. The van der Waals surface area contributed by atoms with Gasteiger partial charge in [0.15, 0.2) is 11.6 Å². The molecule has 2 nitrogen and oxygen atoms in total. The van der Waals surface area contributed by atoms with E-state index >= 15 is 0 Å². The Morgan fingerprint density at radius 1 is 1.18 bits per heavy atom. The van der Waals surface area contributed by atoms with E-state index in [2.05, 4.69) is 4.74 Å². The summed E-state index contributed by atoms with van der Waals surface area (Å²) in [6, 6.07) is 1.41. The number of hydrogen-bond donors (Lipinski definition) is 1. The van der Waals surface area contributed by atoms with Gasteiger partial charge >= 0.3 is 5.51 Å². The molecule has 0 aliphatic heterocycles. The molecule has 0 atom stereocenters. The lowest BCUT2D eigenvalue weighted by Crippen LogP contribution is -2.08.